The first-order chi connectivity index (χ1) is 25.7. The summed E-state index contributed by atoms with van der Waals surface area (Å²) < 4.78 is 44.1. The lowest BCUT2D eigenvalue weighted by molar-refractivity contribution is -0.155. The van der Waals surface area contributed by atoms with Crippen LogP contribution in [0.1, 0.15) is 55.2 Å². The van der Waals surface area contributed by atoms with Crippen LogP contribution in [0.5, 0.6) is 0 Å². The van der Waals surface area contributed by atoms with Crippen molar-refractivity contribution < 1.29 is 41.3 Å². The molecule has 280 valence electrons. The van der Waals surface area contributed by atoms with Gasteiger partial charge in [-0.2, -0.15) is 8.42 Å². The van der Waals surface area contributed by atoms with Crippen molar-refractivity contribution in [2.75, 3.05) is 5.75 Å². The summed E-state index contributed by atoms with van der Waals surface area (Å²) in [5.74, 6) is -2.86. The zero-order chi connectivity index (χ0) is 38.6. The third-order valence-corrected chi connectivity index (χ3v) is 11.0. The summed E-state index contributed by atoms with van der Waals surface area (Å²) in [7, 11) is -4.45. The molecule has 0 saturated carbocycles. The number of rotatable bonds is 11. The fourth-order valence-corrected chi connectivity index (χ4v) is 8.18. The highest BCUT2D eigenvalue weighted by Gasteiger charge is 2.56. The SMILES string of the molecule is Cc1ccc(S(=O)(=O)OC2=C(C(=O)OC(c3ccccc3)c3ccccc3)N3C(=O)[C@@H](NC(=O)C(NC(=O)OC(C)(C)C)c4ccccc4)[C@@H]3SC2)cc1. The largest absolute Gasteiger partial charge is 0.448 e. The van der Waals surface area contributed by atoms with Gasteiger partial charge in [0.15, 0.2) is 17.6 Å². The monoisotopic (exact) mass is 769 g/mol. The topological polar surface area (TPSA) is 157 Å². The van der Waals surface area contributed by atoms with Gasteiger partial charge in [-0.05, 0) is 56.5 Å². The third-order valence-electron chi connectivity index (χ3n) is 8.43. The van der Waals surface area contributed by atoms with Crippen molar-refractivity contribution in [2.24, 2.45) is 0 Å². The van der Waals surface area contributed by atoms with Crippen LogP contribution in [0.3, 0.4) is 0 Å². The van der Waals surface area contributed by atoms with Gasteiger partial charge in [-0.1, -0.05) is 109 Å². The standard InChI is InChI=1S/C40H39N3O9S2/c1-25-20-22-29(23-21-25)54(48,49)52-30-24-53-37-32(41-35(44)31(26-14-8-5-9-15-26)42-39(47)51-40(2,3)4)36(45)43(37)33(30)38(46)50-34(27-16-10-6-11-17-27)28-18-12-7-13-19-28/h5-23,31-32,34,37H,24H2,1-4H3,(H,41,44)(H,42,47)/t31?,32-,37+/m1/s1. The lowest BCUT2D eigenvalue weighted by Crippen LogP contribution is -2.71. The fraction of sp³-hybridized carbons (Fsp3) is 0.250. The van der Waals surface area contributed by atoms with Gasteiger partial charge in [-0.25, -0.2) is 9.59 Å². The molecule has 2 aliphatic rings. The van der Waals surface area contributed by atoms with Crippen LogP contribution in [0.15, 0.2) is 132 Å². The highest BCUT2D eigenvalue weighted by atomic mass is 32.2. The van der Waals surface area contributed by atoms with Gasteiger partial charge in [0.1, 0.15) is 28.0 Å². The van der Waals surface area contributed by atoms with Gasteiger partial charge in [0.25, 0.3) is 5.91 Å². The van der Waals surface area contributed by atoms with E-state index in [0.717, 1.165) is 22.2 Å². The van der Waals surface area contributed by atoms with Gasteiger partial charge >= 0.3 is 22.2 Å². The molecule has 6 rings (SSSR count). The van der Waals surface area contributed by atoms with Gasteiger partial charge < -0.3 is 24.3 Å². The number of thioether (sulfide) groups is 1. The minimum Gasteiger partial charge on any atom is -0.448 e. The predicted molar refractivity (Wildman–Crippen MR) is 201 cm³/mol. The number of carbonyl (C=O) groups excluding carboxylic acids is 4. The van der Waals surface area contributed by atoms with Crippen LogP contribution in [0.2, 0.25) is 0 Å². The molecule has 2 heterocycles. The van der Waals surface area contributed by atoms with Gasteiger partial charge in [0, 0.05) is 0 Å². The molecule has 14 heteroatoms. The molecule has 2 N–H and O–H groups in total. The fourth-order valence-electron chi connectivity index (χ4n) is 5.89. The minimum atomic E-state index is -4.45. The minimum absolute atomic E-state index is 0.142. The lowest BCUT2D eigenvalue weighted by Gasteiger charge is -2.49. The molecule has 1 unspecified atom stereocenters. The van der Waals surface area contributed by atoms with Crippen LogP contribution < -0.4 is 10.6 Å². The number of hydrogen-bond donors (Lipinski definition) is 2. The van der Waals surface area contributed by atoms with Crippen molar-refractivity contribution in [1.29, 1.82) is 0 Å². The van der Waals surface area contributed by atoms with E-state index >= 15 is 0 Å². The Hall–Kier alpha value is -5.60. The number of benzene rings is 4. The molecule has 0 aliphatic carbocycles. The Kier molecular flexibility index (Phi) is 11.1. The van der Waals surface area contributed by atoms with Crippen LogP contribution in [-0.4, -0.2) is 60.0 Å². The maximum absolute atomic E-state index is 14.3. The molecule has 3 atom stereocenters. The normalized spacial score (nSPS) is 17.5. The summed E-state index contributed by atoms with van der Waals surface area (Å²) >= 11 is 1.10. The number of hydrogen-bond acceptors (Lipinski definition) is 10. The van der Waals surface area contributed by atoms with Crippen molar-refractivity contribution in [1.82, 2.24) is 15.5 Å². The molecule has 54 heavy (non-hydrogen) atoms. The average Bonchev–Trinajstić information content (AvgIpc) is 3.15. The summed E-state index contributed by atoms with van der Waals surface area (Å²) in [6.07, 6.45) is -1.76. The lowest BCUT2D eigenvalue weighted by atomic mass is 10.0. The average molecular weight is 770 g/mol. The second-order valence-electron chi connectivity index (χ2n) is 13.6. The van der Waals surface area contributed by atoms with Crippen LogP contribution in [0.4, 0.5) is 4.79 Å². The number of alkyl carbamates (subject to hydrolysis) is 1. The molecule has 0 bridgehead atoms. The molecular formula is C40H39N3O9S2. The number of nitrogens with zero attached hydrogens (tertiary/aromatic N) is 1. The van der Waals surface area contributed by atoms with Crippen molar-refractivity contribution in [2.45, 2.75) is 61.8 Å². The Balaban J connectivity index is 1.31. The van der Waals surface area contributed by atoms with E-state index in [1.54, 1.807) is 112 Å². The predicted octanol–water partition coefficient (Wildman–Crippen LogP) is 5.91. The van der Waals surface area contributed by atoms with Crippen molar-refractivity contribution in [3.05, 3.63) is 149 Å². The summed E-state index contributed by atoms with van der Waals surface area (Å²) in [6.45, 7) is 6.87. The number of ether oxygens (including phenoxy) is 2. The molecule has 4 aromatic rings. The van der Waals surface area contributed by atoms with E-state index in [2.05, 4.69) is 10.6 Å². The van der Waals surface area contributed by atoms with E-state index in [4.69, 9.17) is 13.7 Å². The Morgan fingerprint density at radius 1 is 0.815 bits per heavy atom. The summed E-state index contributed by atoms with van der Waals surface area (Å²) in [4.78, 5) is 55.8. The van der Waals surface area contributed by atoms with Crippen LogP contribution in [0.25, 0.3) is 0 Å². The van der Waals surface area contributed by atoms with Crippen molar-refractivity contribution >= 4 is 45.8 Å². The van der Waals surface area contributed by atoms with Crippen molar-refractivity contribution in [3.63, 3.8) is 0 Å². The number of esters is 1. The first-order valence-corrected chi connectivity index (χ1v) is 19.5. The Bertz CT molecular complexity index is 2120. The molecule has 1 saturated heterocycles. The number of carbonyl (C=O) groups is 4. The first kappa shape index (κ1) is 38.1. The molecule has 12 nitrogen and oxygen atoms in total. The van der Waals surface area contributed by atoms with E-state index < -0.39 is 68.9 Å². The van der Waals surface area contributed by atoms with Gasteiger partial charge in [0.05, 0.1) is 5.75 Å². The first-order valence-electron chi connectivity index (χ1n) is 17.1. The Morgan fingerprint density at radius 2 is 1.35 bits per heavy atom. The summed E-state index contributed by atoms with van der Waals surface area (Å²) in [5.41, 5.74) is 1.31. The third kappa shape index (κ3) is 8.61. The Labute approximate surface area is 318 Å². The van der Waals surface area contributed by atoms with Gasteiger partial charge in [-0.15, -0.1) is 11.8 Å². The number of nitrogens with one attached hydrogen (secondary N) is 2. The molecule has 0 radical (unpaired) electrons. The maximum Gasteiger partial charge on any atom is 0.408 e. The van der Waals surface area contributed by atoms with E-state index in [1.807, 2.05) is 19.1 Å². The highest BCUT2D eigenvalue weighted by Crippen LogP contribution is 2.43. The van der Waals surface area contributed by atoms with E-state index in [1.165, 1.54) is 12.1 Å². The second kappa shape index (κ2) is 15.8. The zero-order valence-electron chi connectivity index (χ0n) is 29.9. The molecule has 2 aliphatic heterocycles. The summed E-state index contributed by atoms with van der Waals surface area (Å²) in [5, 5.41) is 4.47. The van der Waals surface area contributed by atoms with E-state index in [-0.39, 0.29) is 16.4 Å². The molecule has 3 amide bonds. The van der Waals surface area contributed by atoms with Crippen molar-refractivity contribution in [3.8, 4) is 0 Å². The second-order valence-corrected chi connectivity index (χ2v) is 16.3. The molecular weight excluding hydrogens is 731 g/mol. The summed E-state index contributed by atoms with van der Waals surface area (Å²) in [6, 6.07) is 30.0. The van der Waals surface area contributed by atoms with E-state index in [9.17, 15) is 27.6 Å². The number of fused-ring (bicyclic) bond motifs is 1. The van der Waals surface area contributed by atoms with Crippen LogP contribution in [0, 0.1) is 6.92 Å². The smallest absolute Gasteiger partial charge is 0.408 e. The van der Waals surface area contributed by atoms with Crippen LogP contribution >= 0.6 is 11.8 Å². The number of aryl methyl sites for hydroxylation is 1. The van der Waals surface area contributed by atoms with Gasteiger partial charge in [0.2, 0.25) is 5.91 Å². The zero-order valence-corrected chi connectivity index (χ0v) is 31.6. The van der Waals surface area contributed by atoms with Gasteiger partial charge in [-0.3, -0.25) is 14.5 Å². The quantitative estimate of drug-likeness (QED) is 0.107. The highest BCUT2D eigenvalue weighted by molar-refractivity contribution is 8.00. The molecule has 1 fully saturated rings. The molecule has 4 aromatic carbocycles. The Morgan fingerprint density at radius 3 is 1.89 bits per heavy atom. The maximum atomic E-state index is 14.3. The number of β-lactam (4-membered cyclic amide) rings is 1. The molecule has 0 spiro atoms. The molecule has 0 aromatic heterocycles. The van der Waals surface area contributed by atoms with Crippen LogP contribution in [-0.2, 0) is 38.2 Å². The van der Waals surface area contributed by atoms with E-state index in [0.29, 0.717) is 16.7 Å². The number of amides is 3.